The normalized spacial score (nSPS) is 15.7. The van der Waals surface area contributed by atoms with Gasteiger partial charge >= 0.3 is 0 Å². The van der Waals surface area contributed by atoms with Crippen molar-refractivity contribution in [2.24, 2.45) is 0 Å². The first kappa shape index (κ1) is 9.03. The van der Waals surface area contributed by atoms with Crippen LogP contribution in [0.4, 0.5) is 0 Å². The molecule has 1 saturated heterocycles. The number of likely N-dealkylation sites (tertiary alicyclic amines) is 1. The Balaban J connectivity index is 2.28. The van der Waals surface area contributed by atoms with Gasteiger partial charge in [0.2, 0.25) is 0 Å². The van der Waals surface area contributed by atoms with E-state index in [1.165, 1.54) is 11.3 Å². The molecule has 1 aliphatic rings. The number of aryl methyl sites for hydroxylation is 1. The molecular weight excluding hydrogens is 206 g/mol. The quantitative estimate of drug-likeness (QED) is 0.705. The van der Waals surface area contributed by atoms with E-state index in [4.69, 9.17) is 11.6 Å². The highest BCUT2D eigenvalue weighted by Gasteiger charge is 2.25. The highest BCUT2D eigenvalue weighted by molar-refractivity contribution is 7.15. The largest absolute Gasteiger partial charge is 0.338 e. The zero-order valence-corrected chi connectivity index (χ0v) is 8.91. The molecule has 1 fully saturated rings. The van der Waals surface area contributed by atoms with Gasteiger partial charge in [0.1, 0.15) is 4.34 Å². The fourth-order valence-corrected chi connectivity index (χ4v) is 2.47. The summed E-state index contributed by atoms with van der Waals surface area (Å²) in [4.78, 5) is 13.6. The first-order valence-corrected chi connectivity index (χ1v) is 5.49. The zero-order chi connectivity index (χ0) is 9.42. The Labute approximate surface area is 86.1 Å². The Hall–Kier alpha value is -0.540. The summed E-state index contributed by atoms with van der Waals surface area (Å²) in [6.07, 6.45) is 1.12. The van der Waals surface area contributed by atoms with Crippen LogP contribution in [0.15, 0.2) is 5.38 Å². The number of hydrogen-bond donors (Lipinski definition) is 0. The second-order valence-electron chi connectivity index (χ2n) is 3.21. The summed E-state index contributed by atoms with van der Waals surface area (Å²) in [5, 5.41) is 1.93. The highest BCUT2D eigenvalue weighted by atomic mass is 35.5. The molecule has 0 spiro atoms. The van der Waals surface area contributed by atoms with Gasteiger partial charge in [0.05, 0.1) is 5.56 Å². The van der Waals surface area contributed by atoms with Crippen LogP contribution in [0.5, 0.6) is 0 Å². The minimum absolute atomic E-state index is 0.0926. The van der Waals surface area contributed by atoms with Crippen molar-refractivity contribution in [1.29, 1.82) is 0 Å². The molecule has 0 saturated carbocycles. The van der Waals surface area contributed by atoms with E-state index in [1.54, 1.807) is 0 Å². The smallest absolute Gasteiger partial charge is 0.256 e. The lowest BCUT2D eigenvalue weighted by molar-refractivity contribution is 0.0652. The number of carbonyl (C=O) groups excluding carboxylic acids is 1. The third-order valence-electron chi connectivity index (χ3n) is 2.29. The van der Waals surface area contributed by atoms with Crippen molar-refractivity contribution in [3.63, 3.8) is 0 Å². The van der Waals surface area contributed by atoms with Gasteiger partial charge in [0.15, 0.2) is 0 Å². The van der Waals surface area contributed by atoms with Crippen LogP contribution in [0, 0.1) is 6.92 Å². The van der Waals surface area contributed by atoms with E-state index in [9.17, 15) is 4.79 Å². The summed E-state index contributed by atoms with van der Waals surface area (Å²) in [6, 6.07) is 0. The van der Waals surface area contributed by atoms with Gasteiger partial charge in [-0.25, -0.2) is 0 Å². The number of halogens is 1. The molecule has 2 heterocycles. The fourth-order valence-electron chi connectivity index (χ4n) is 1.34. The average Bonchev–Trinajstić information content (AvgIpc) is 2.27. The molecule has 13 heavy (non-hydrogen) atoms. The van der Waals surface area contributed by atoms with Gasteiger partial charge in [-0.15, -0.1) is 11.3 Å². The molecule has 0 radical (unpaired) electrons. The predicted octanol–water partition coefficient (Wildman–Crippen LogP) is 2.56. The lowest BCUT2D eigenvalue weighted by Gasteiger charge is -2.30. The van der Waals surface area contributed by atoms with Crippen molar-refractivity contribution in [1.82, 2.24) is 4.90 Å². The molecule has 1 aromatic rings. The Morgan fingerprint density at radius 1 is 1.62 bits per heavy atom. The minimum atomic E-state index is 0.0926. The monoisotopic (exact) mass is 215 g/mol. The molecule has 2 rings (SSSR count). The molecule has 1 amide bonds. The Morgan fingerprint density at radius 2 is 2.31 bits per heavy atom. The van der Waals surface area contributed by atoms with Crippen LogP contribution >= 0.6 is 22.9 Å². The molecule has 0 aliphatic carbocycles. The second-order valence-corrected chi connectivity index (χ2v) is 4.69. The maximum absolute atomic E-state index is 11.8. The molecule has 0 N–H and O–H groups in total. The lowest BCUT2D eigenvalue weighted by atomic mass is 10.1. The molecule has 4 heteroatoms. The van der Waals surface area contributed by atoms with Gasteiger partial charge in [0.25, 0.3) is 5.91 Å². The van der Waals surface area contributed by atoms with Crippen LogP contribution in [-0.2, 0) is 0 Å². The molecule has 0 aromatic carbocycles. The van der Waals surface area contributed by atoms with Gasteiger partial charge in [-0.3, -0.25) is 4.79 Å². The van der Waals surface area contributed by atoms with Gasteiger partial charge in [-0.05, 0) is 24.3 Å². The number of carbonyl (C=O) groups is 1. The summed E-state index contributed by atoms with van der Waals surface area (Å²) in [5.74, 6) is 0.0926. The van der Waals surface area contributed by atoms with Crippen LogP contribution in [0.1, 0.15) is 22.3 Å². The molecule has 70 valence electrons. The summed E-state index contributed by atoms with van der Waals surface area (Å²) >= 11 is 7.37. The van der Waals surface area contributed by atoms with E-state index >= 15 is 0 Å². The Kier molecular flexibility index (Phi) is 2.30. The predicted molar refractivity (Wildman–Crippen MR) is 54.6 cm³/mol. The van der Waals surface area contributed by atoms with Gasteiger partial charge in [-0.2, -0.15) is 0 Å². The highest BCUT2D eigenvalue weighted by Crippen LogP contribution is 2.29. The maximum Gasteiger partial charge on any atom is 0.256 e. The van der Waals surface area contributed by atoms with E-state index in [-0.39, 0.29) is 5.91 Å². The average molecular weight is 216 g/mol. The minimum Gasteiger partial charge on any atom is -0.338 e. The number of rotatable bonds is 1. The Morgan fingerprint density at radius 3 is 2.69 bits per heavy atom. The molecular formula is C9H10ClNOS. The number of thiophene rings is 1. The van der Waals surface area contributed by atoms with Crippen LogP contribution in [0.25, 0.3) is 0 Å². The molecule has 0 bridgehead atoms. The summed E-state index contributed by atoms with van der Waals surface area (Å²) < 4.78 is 0.620. The zero-order valence-electron chi connectivity index (χ0n) is 7.34. The lowest BCUT2D eigenvalue weighted by Crippen LogP contribution is -2.42. The topological polar surface area (TPSA) is 20.3 Å². The number of hydrogen-bond acceptors (Lipinski definition) is 2. The van der Waals surface area contributed by atoms with E-state index in [0.717, 1.165) is 25.1 Å². The number of nitrogens with zero attached hydrogens (tertiary/aromatic N) is 1. The van der Waals surface area contributed by atoms with Crippen LogP contribution < -0.4 is 0 Å². The fraction of sp³-hybridized carbons (Fsp3) is 0.444. The van der Waals surface area contributed by atoms with Crippen LogP contribution in [0.2, 0.25) is 4.34 Å². The number of amides is 1. The first-order chi connectivity index (χ1) is 6.20. The molecule has 2 nitrogen and oxygen atoms in total. The second kappa shape index (κ2) is 3.31. The van der Waals surface area contributed by atoms with E-state index < -0.39 is 0 Å². The van der Waals surface area contributed by atoms with E-state index in [0.29, 0.717) is 9.90 Å². The van der Waals surface area contributed by atoms with Crippen molar-refractivity contribution < 1.29 is 4.79 Å². The van der Waals surface area contributed by atoms with Crippen LogP contribution in [0.3, 0.4) is 0 Å². The van der Waals surface area contributed by atoms with E-state index in [1.807, 2.05) is 17.2 Å². The standard InChI is InChI=1S/C9H10ClNOS/c1-6-5-13-8(10)7(6)9(12)11-3-2-4-11/h5H,2-4H2,1H3. The molecule has 0 unspecified atom stereocenters. The molecule has 0 atom stereocenters. The molecule has 1 aromatic heterocycles. The third kappa shape index (κ3) is 1.46. The SMILES string of the molecule is Cc1csc(Cl)c1C(=O)N1CCC1. The van der Waals surface area contributed by atoms with Gasteiger partial charge in [-0.1, -0.05) is 11.6 Å². The van der Waals surface area contributed by atoms with Gasteiger partial charge < -0.3 is 4.90 Å². The van der Waals surface area contributed by atoms with Gasteiger partial charge in [0, 0.05) is 13.1 Å². The summed E-state index contributed by atoms with van der Waals surface area (Å²) in [6.45, 7) is 3.68. The summed E-state index contributed by atoms with van der Waals surface area (Å²) in [5.41, 5.74) is 1.69. The van der Waals surface area contributed by atoms with Crippen LogP contribution in [-0.4, -0.2) is 23.9 Å². The Bertz CT molecular complexity index is 324. The van der Waals surface area contributed by atoms with Crippen molar-refractivity contribution in [2.45, 2.75) is 13.3 Å². The van der Waals surface area contributed by atoms with E-state index in [2.05, 4.69) is 0 Å². The van der Waals surface area contributed by atoms with Crippen molar-refractivity contribution in [3.8, 4) is 0 Å². The van der Waals surface area contributed by atoms with Crippen molar-refractivity contribution >= 4 is 28.8 Å². The first-order valence-electron chi connectivity index (χ1n) is 4.23. The third-order valence-corrected chi connectivity index (χ3v) is 3.63. The van der Waals surface area contributed by atoms with Crippen molar-refractivity contribution in [2.75, 3.05) is 13.1 Å². The maximum atomic E-state index is 11.8. The molecule has 1 aliphatic heterocycles. The summed E-state index contributed by atoms with van der Waals surface area (Å²) in [7, 11) is 0. The van der Waals surface area contributed by atoms with Crippen molar-refractivity contribution in [3.05, 3.63) is 20.8 Å².